The minimum atomic E-state index is -0.459. The average molecular weight is 392 g/mol. The highest BCUT2D eigenvalue weighted by atomic mass is 32.1. The van der Waals surface area contributed by atoms with Gasteiger partial charge in [-0.2, -0.15) is 0 Å². The predicted octanol–water partition coefficient (Wildman–Crippen LogP) is 4.82. The fourth-order valence-corrected chi connectivity index (χ4v) is 3.80. The first-order valence-electron chi connectivity index (χ1n) is 8.54. The lowest BCUT2D eigenvalue weighted by molar-refractivity contribution is -0.384. The maximum Gasteiger partial charge on any atom is 0.269 e. The van der Waals surface area contributed by atoms with E-state index in [1.807, 2.05) is 37.3 Å². The molecule has 1 aromatic heterocycles. The first kappa shape index (κ1) is 17.9. The number of phenols is 1. The molecule has 8 heteroatoms. The lowest BCUT2D eigenvalue weighted by Gasteiger charge is -2.22. The van der Waals surface area contributed by atoms with Crippen LogP contribution in [0.4, 0.5) is 10.8 Å². The van der Waals surface area contributed by atoms with E-state index < -0.39 is 11.0 Å². The molecule has 4 rings (SSSR count). The number of nitro groups is 1. The summed E-state index contributed by atoms with van der Waals surface area (Å²) in [6.07, 6.45) is 0. The molecule has 0 aliphatic rings. The standard InChI is InChI=1S/C20H16N4O3S/c1-12-22-23-20(28-12)21-19(14-6-9-15(10-7-14)24(26)27)18-16-5-3-2-4-13(16)8-11-17(18)25/h2-11,19,25H,1H3,(H,21,23). The van der Waals surface area contributed by atoms with Crippen LogP contribution < -0.4 is 5.32 Å². The third kappa shape index (κ3) is 3.37. The van der Waals surface area contributed by atoms with Crippen molar-refractivity contribution in [1.29, 1.82) is 0 Å². The molecule has 3 aromatic carbocycles. The Morgan fingerprint density at radius 2 is 1.82 bits per heavy atom. The van der Waals surface area contributed by atoms with Crippen molar-refractivity contribution in [3.8, 4) is 5.75 Å². The van der Waals surface area contributed by atoms with Crippen LogP contribution in [-0.2, 0) is 0 Å². The van der Waals surface area contributed by atoms with Gasteiger partial charge in [-0.1, -0.05) is 41.7 Å². The highest BCUT2D eigenvalue weighted by Gasteiger charge is 2.22. The molecule has 140 valence electrons. The molecule has 0 saturated carbocycles. The maximum absolute atomic E-state index is 11.0. The molecule has 0 fully saturated rings. The van der Waals surface area contributed by atoms with Gasteiger partial charge in [0.15, 0.2) is 0 Å². The SMILES string of the molecule is Cc1nnc(NC(c2ccc([N+](=O)[O-])cc2)c2c(O)ccc3ccccc23)s1. The van der Waals surface area contributed by atoms with Gasteiger partial charge in [0.2, 0.25) is 5.13 Å². The largest absolute Gasteiger partial charge is 0.508 e. The van der Waals surface area contributed by atoms with Crippen LogP contribution in [0.1, 0.15) is 22.2 Å². The van der Waals surface area contributed by atoms with Crippen LogP contribution in [0.5, 0.6) is 5.75 Å². The second-order valence-electron chi connectivity index (χ2n) is 6.27. The van der Waals surface area contributed by atoms with Gasteiger partial charge in [-0.15, -0.1) is 10.2 Å². The number of hydrogen-bond acceptors (Lipinski definition) is 7. The van der Waals surface area contributed by atoms with Gasteiger partial charge < -0.3 is 10.4 Å². The van der Waals surface area contributed by atoms with Crippen LogP contribution in [0.25, 0.3) is 10.8 Å². The number of fused-ring (bicyclic) bond motifs is 1. The minimum absolute atomic E-state index is 0.0106. The monoisotopic (exact) mass is 392 g/mol. The van der Waals surface area contributed by atoms with Gasteiger partial charge >= 0.3 is 0 Å². The van der Waals surface area contributed by atoms with Crippen molar-refractivity contribution in [3.63, 3.8) is 0 Å². The summed E-state index contributed by atoms with van der Waals surface area (Å²) in [5.41, 5.74) is 1.46. The van der Waals surface area contributed by atoms with Gasteiger partial charge in [0.05, 0.1) is 11.0 Å². The van der Waals surface area contributed by atoms with Gasteiger partial charge in [0.25, 0.3) is 5.69 Å². The van der Waals surface area contributed by atoms with E-state index in [9.17, 15) is 15.2 Å². The van der Waals surface area contributed by atoms with E-state index >= 15 is 0 Å². The molecule has 1 unspecified atom stereocenters. The molecule has 0 aliphatic carbocycles. The summed E-state index contributed by atoms with van der Waals surface area (Å²) in [5.74, 6) is 0.135. The Bertz CT molecular complexity index is 1160. The van der Waals surface area contributed by atoms with Crippen LogP contribution in [-0.4, -0.2) is 20.2 Å². The van der Waals surface area contributed by atoms with Crippen molar-refractivity contribution in [2.24, 2.45) is 0 Å². The van der Waals surface area contributed by atoms with Gasteiger partial charge in [-0.3, -0.25) is 10.1 Å². The Kier molecular flexibility index (Phi) is 4.62. The number of nitro benzene ring substituents is 1. The zero-order valence-corrected chi connectivity index (χ0v) is 15.7. The number of aromatic nitrogens is 2. The fourth-order valence-electron chi connectivity index (χ4n) is 3.18. The number of hydrogen-bond donors (Lipinski definition) is 2. The van der Waals surface area contributed by atoms with Crippen LogP contribution in [0.15, 0.2) is 60.7 Å². The Morgan fingerprint density at radius 1 is 1.07 bits per heavy atom. The van der Waals surface area contributed by atoms with Crippen molar-refractivity contribution in [2.45, 2.75) is 13.0 Å². The van der Waals surface area contributed by atoms with Crippen molar-refractivity contribution >= 4 is 32.9 Å². The second kappa shape index (κ2) is 7.24. The Morgan fingerprint density at radius 3 is 2.50 bits per heavy atom. The number of anilines is 1. The average Bonchev–Trinajstić information content (AvgIpc) is 3.11. The third-order valence-corrected chi connectivity index (χ3v) is 5.24. The number of nitrogens with zero attached hydrogens (tertiary/aromatic N) is 3. The van der Waals surface area contributed by atoms with Crippen molar-refractivity contribution in [1.82, 2.24) is 10.2 Å². The first-order chi connectivity index (χ1) is 13.5. The molecule has 0 bridgehead atoms. The summed E-state index contributed by atoms with van der Waals surface area (Å²) >= 11 is 1.40. The molecule has 2 N–H and O–H groups in total. The zero-order valence-electron chi connectivity index (χ0n) is 14.9. The van der Waals surface area contributed by atoms with Crippen LogP contribution in [0.2, 0.25) is 0 Å². The number of benzene rings is 3. The summed E-state index contributed by atoms with van der Waals surface area (Å²) < 4.78 is 0. The summed E-state index contributed by atoms with van der Waals surface area (Å²) in [5, 5.41) is 36.5. The second-order valence-corrected chi connectivity index (χ2v) is 7.45. The van der Waals surface area contributed by atoms with Crippen LogP contribution in [0, 0.1) is 17.0 Å². The molecular formula is C20H16N4O3S. The van der Waals surface area contributed by atoms with Crippen LogP contribution in [0.3, 0.4) is 0 Å². The van der Waals surface area contributed by atoms with Gasteiger partial charge in [-0.05, 0) is 41.5 Å². The molecule has 4 aromatic rings. The number of nitrogens with one attached hydrogen (secondary N) is 1. The van der Waals surface area contributed by atoms with Crippen molar-refractivity contribution in [3.05, 3.63) is 86.9 Å². The smallest absolute Gasteiger partial charge is 0.269 e. The first-order valence-corrected chi connectivity index (χ1v) is 9.36. The number of rotatable bonds is 5. The lowest BCUT2D eigenvalue weighted by atomic mass is 9.92. The normalized spacial score (nSPS) is 12.0. The minimum Gasteiger partial charge on any atom is -0.508 e. The molecule has 0 saturated heterocycles. The van der Waals surface area contributed by atoms with E-state index in [4.69, 9.17) is 0 Å². The van der Waals surface area contributed by atoms with E-state index in [1.54, 1.807) is 18.2 Å². The van der Waals surface area contributed by atoms with E-state index in [1.165, 1.54) is 23.5 Å². The third-order valence-electron chi connectivity index (χ3n) is 4.47. The predicted molar refractivity (Wildman–Crippen MR) is 109 cm³/mol. The Hall–Kier alpha value is -3.52. The van der Waals surface area contributed by atoms with Gasteiger partial charge in [0, 0.05) is 17.7 Å². The zero-order chi connectivity index (χ0) is 19.7. The van der Waals surface area contributed by atoms with Gasteiger partial charge in [0.1, 0.15) is 10.8 Å². The van der Waals surface area contributed by atoms with Crippen LogP contribution >= 0.6 is 11.3 Å². The van der Waals surface area contributed by atoms with Crippen molar-refractivity contribution in [2.75, 3.05) is 5.32 Å². The van der Waals surface area contributed by atoms with E-state index in [0.717, 1.165) is 21.3 Å². The maximum atomic E-state index is 11.0. The fraction of sp³-hybridized carbons (Fsp3) is 0.100. The summed E-state index contributed by atoms with van der Waals surface area (Å²) in [7, 11) is 0. The van der Waals surface area contributed by atoms with E-state index in [0.29, 0.717) is 10.7 Å². The summed E-state index contributed by atoms with van der Waals surface area (Å²) in [4.78, 5) is 10.6. The highest BCUT2D eigenvalue weighted by molar-refractivity contribution is 7.15. The summed E-state index contributed by atoms with van der Waals surface area (Å²) in [6.45, 7) is 1.86. The Balaban J connectivity index is 1.88. The lowest BCUT2D eigenvalue weighted by Crippen LogP contribution is -2.13. The molecule has 0 radical (unpaired) electrons. The molecule has 7 nitrogen and oxygen atoms in total. The molecule has 0 aliphatic heterocycles. The molecule has 0 spiro atoms. The topological polar surface area (TPSA) is 101 Å². The molecule has 28 heavy (non-hydrogen) atoms. The summed E-state index contributed by atoms with van der Waals surface area (Å²) in [6, 6.07) is 17.1. The molecular weight excluding hydrogens is 376 g/mol. The van der Waals surface area contributed by atoms with E-state index in [-0.39, 0.29) is 11.4 Å². The quantitative estimate of drug-likeness (QED) is 0.373. The number of phenolic OH excluding ortho intramolecular Hbond substituents is 1. The molecule has 1 heterocycles. The molecule has 0 amide bonds. The number of aromatic hydroxyl groups is 1. The molecule has 1 atom stereocenters. The highest BCUT2D eigenvalue weighted by Crippen LogP contribution is 2.38. The van der Waals surface area contributed by atoms with Gasteiger partial charge in [-0.25, -0.2) is 0 Å². The Labute approximate surface area is 164 Å². The number of aryl methyl sites for hydroxylation is 1. The van der Waals surface area contributed by atoms with Crippen molar-refractivity contribution < 1.29 is 10.0 Å². The number of non-ortho nitro benzene ring substituents is 1. The van der Waals surface area contributed by atoms with E-state index in [2.05, 4.69) is 15.5 Å².